The number of hydrogen-bond acceptors (Lipinski definition) is 6. The molecule has 0 radical (unpaired) electrons. The predicted molar refractivity (Wildman–Crippen MR) is 150 cm³/mol. The van der Waals surface area contributed by atoms with Crippen LogP contribution in [0.4, 0.5) is 0 Å². The first kappa shape index (κ1) is 33.4. The minimum Gasteiger partial charge on any atom is -0.480 e. The largest absolute Gasteiger partial charge is 0.480 e. The summed E-state index contributed by atoms with van der Waals surface area (Å²) < 4.78 is 0. The van der Waals surface area contributed by atoms with Gasteiger partial charge in [-0.25, -0.2) is 4.79 Å². The number of amides is 3. The van der Waals surface area contributed by atoms with Crippen LogP contribution in [0.15, 0.2) is 35.3 Å². The van der Waals surface area contributed by atoms with E-state index in [1.54, 1.807) is 24.3 Å². The molecule has 5 unspecified atom stereocenters. The standard InChI is InChI=1S/C27H45N7O5/c1-5-17(4)22(34-23(35)19(28)14-16(2)3)25(37)32-20(12-9-13-31-27(29)30)24(36)33-21(26(38)39)15-18-10-7-6-8-11-18/h6-8,10-11,16-17,19-22H,5,9,12-15,28H2,1-4H3,(H,32,37)(H,33,36)(H,34,35)(H,38,39)(H4,29,30,31). The monoisotopic (exact) mass is 547 g/mol. The van der Waals surface area contributed by atoms with E-state index in [1.165, 1.54) is 0 Å². The zero-order valence-corrected chi connectivity index (χ0v) is 23.4. The second-order valence-electron chi connectivity index (χ2n) is 10.2. The average molecular weight is 548 g/mol. The molecule has 0 aliphatic rings. The Morgan fingerprint density at radius 1 is 0.923 bits per heavy atom. The molecule has 5 atom stereocenters. The molecular weight excluding hydrogens is 502 g/mol. The summed E-state index contributed by atoms with van der Waals surface area (Å²) in [5, 5.41) is 17.7. The number of aliphatic imine (C=N–C) groups is 1. The van der Waals surface area contributed by atoms with Crippen LogP contribution < -0.4 is 33.2 Å². The van der Waals surface area contributed by atoms with Gasteiger partial charge in [0, 0.05) is 13.0 Å². The smallest absolute Gasteiger partial charge is 0.326 e. The van der Waals surface area contributed by atoms with Crippen molar-refractivity contribution in [2.75, 3.05) is 6.54 Å². The van der Waals surface area contributed by atoms with Gasteiger partial charge in [-0.2, -0.15) is 0 Å². The van der Waals surface area contributed by atoms with Crippen LogP contribution in [0.1, 0.15) is 58.9 Å². The minimum atomic E-state index is -1.21. The van der Waals surface area contributed by atoms with Gasteiger partial charge in [-0.15, -0.1) is 0 Å². The molecule has 0 aliphatic heterocycles. The molecule has 0 aliphatic carbocycles. The van der Waals surface area contributed by atoms with E-state index < -0.39 is 47.9 Å². The highest BCUT2D eigenvalue weighted by Gasteiger charge is 2.32. The molecular formula is C27H45N7O5. The third-order valence-corrected chi connectivity index (χ3v) is 6.33. The molecule has 0 saturated heterocycles. The van der Waals surface area contributed by atoms with Gasteiger partial charge in [-0.05, 0) is 36.7 Å². The molecule has 10 N–H and O–H groups in total. The number of carbonyl (C=O) groups is 4. The molecule has 0 heterocycles. The van der Waals surface area contributed by atoms with Gasteiger partial charge in [0.05, 0.1) is 6.04 Å². The molecule has 1 rings (SSSR count). The van der Waals surface area contributed by atoms with Gasteiger partial charge in [0.15, 0.2) is 5.96 Å². The Morgan fingerprint density at radius 3 is 2.08 bits per heavy atom. The average Bonchev–Trinajstić information content (AvgIpc) is 2.87. The number of nitrogens with zero attached hydrogens (tertiary/aromatic N) is 1. The van der Waals surface area contributed by atoms with Crippen molar-refractivity contribution < 1.29 is 24.3 Å². The van der Waals surface area contributed by atoms with Crippen LogP contribution in [0.5, 0.6) is 0 Å². The van der Waals surface area contributed by atoms with Crippen molar-refractivity contribution in [3.8, 4) is 0 Å². The van der Waals surface area contributed by atoms with E-state index in [2.05, 4.69) is 20.9 Å². The van der Waals surface area contributed by atoms with Gasteiger partial charge in [-0.1, -0.05) is 64.4 Å². The summed E-state index contributed by atoms with van der Waals surface area (Å²) in [7, 11) is 0. The fourth-order valence-corrected chi connectivity index (χ4v) is 3.93. The number of carboxylic acids is 1. The summed E-state index contributed by atoms with van der Waals surface area (Å²) >= 11 is 0. The van der Waals surface area contributed by atoms with Crippen molar-refractivity contribution >= 4 is 29.7 Å². The van der Waals surface area contributed by atoms with Crippen LogP contribution >= 0.6 is 0 Å². The lowest BCUT2D eigenvalue weighted by Gasteiger charge is -2.28. The van der Waals surface area contributed by atoms with Crippen molar-refractivity contribution in [3.05, 3.63) is 35.9 Å². The molecule has 0 bridgehead atoms. The number of hydrogen-bond donors (Lipinski definition) is 7. The number of rotatable bonds is 17. The highest BCUT2D eigenvalue weighted by molar-refractivity contribution is 5.94. The number of aliphatic carboxylic acids is 1. The number of nitrogens with two attached hydrogens (primary N) is 3. The van der Waals surface area contributed by atoms with Crippen LogP contribution in [0.3, 0.4) is 0 Å². The van der Waals surface area contributed by atoms with Crippen molar-refractivity contribution in [1.29, 1.82) is 0 Å². The van der Waals surface area contributed by atoms with Crippen LogP contribution in [0, 0.1) is 11.8 Å². The summed E-state index contributed by atoms with van der Waals surface area (Å²) in [5.41, 5.74) is 17.5. The third kappa shape index (κ3) is 12.6. The normalized spacial score (nSPS) is 14.8. The zero-order valence-electron chi connectivity index (χ0n) is 23.4. The van der Waals surface area contributed by atoms with E-state index in [-0.39, 0.29) is 37.2 Å². The van der Waals surface area contributed by atoms with E-state index in [4.69, 9.17) is 17.2 Å². The quantitative estimate of drug-likeness (QED) is 0.0812. The molecule has 0 saturated carbocycles. The van der Waals surface area contributed by atoms with Gasteiger partial charge in [-0.3, -0.25) is 19.4 Å². The zero-order chi connectivity index (χ0) is 29.5. The van der Waals surface area contributed by atoms with Crippen LogP contribution in [-0.4, -0.2) is 65.5 Å². The highest BCUT2D eigenvalue weighted by Crippen LogP contribution is 2.12. The minimum absolute atomic E-state index is 0.0653. The van der Waals surface area contributed by atoms with Crippen molar-refractivity contribution in [2.45, 2.75) is 84.0 Å². The predicted octanol–water partition coefficient (Wildman–Crippen LogP) is 0.241. The van der Waals surface area contributed by atoms with Crippen LogP contribution in [0.2, 0.25) is 0 Å². The van der Waals surface area contributed by atoms with Crippen LogP contribution in [0.25, 0.3) is 0 Å². The number of benzene rings is 1. The SMILES string of the molecule is CCC(C)C(NC(=O)C(N)CC(C)C)C(=O)NC(CCCN=C(N)N)C(=O)NC(Cc1ccccc1)C(=O)O. The summed E-state index contributed by atoms with van der Waals surface area (Å²) in [6, 6.07) is 4.87. The Labute approximate surface area is 230 Å². The van der Waals surface area contributed by atoms with Crippen molar-refractivity contribution in [1.82, 2.24) is 16.0 Å². The molecule has 0 aromatic heterocycles. The summed E-state index contributed by atoms with van der Waals surface area (Å²) in [6.07, 6.45) is 1.58. The number of carbonyl (C=O) groups excluding carboxylic acids is 3. The Bertz CT molecular complexity index is 967. The van der Waals surface area contributed by atoms with E-state index in [1.807, 2.05) is 33.8 Å². The number of guanidine groups is 1. The van der Waals surface area contributed by atoms with Gasteiger partial charge in [0.25, 0.3) is 0 Å². The van der Waals surface area contributed by atoms with Crippen molar-refractivity contribution in [2.24, 2.45) is 34.0 Å². The Morgan fingerprint density at radius 2 is 1.54 bits per heavy atom. The second kappa shape index (κ2) is 17.0. The fourth-order valence-electron chi connectivity index (χ4n) is 3.93. The lowest BCUT2D eigenvalue weighted by Crippen LogP contribution is -2.58. The summed E-state index contributed by atoms with van der Waals surface area (Å²) in [4.78, 5) is 55.1. The lowest BCUT2D eigenvalue weighted by atomic mass is 9.96. The maximum absolute atomic E-state index is 13.4. The van der Waals surface area contributed by atoms with Gasteiger partial charge in [0.1, 0.15) is 18.1 Å². The molecule has 3 amide bonds. The Balaban J connectivity index is 3.09. The third-order valence-electron chi connectivity index (χ3n) is 6.33. The highest BCUT2D eigenvalue weighted by atomic mass is 16.4. The van der Waals surface area contributed by atoms with E-state index in [9.17, 15) is 24.3 Å². The van der Waals surface area contributed by atoms with Gasteiger partial charge < -0.3 is 38.3 Å². The molecule has 1 aromatic carbocycles. The second-order valence-corrected chi connectivity index (χ2v) is 10.2. The Kier molecular flexibility index (Phi) is 14.6. The van der Waals surface area contributed by atoms with E-state index in [0.717, 1.165) is 5.56 Å². The van der Waals surface area contributed by atoms with Gasteiger partial charge in [0.2, 0.25) is 17.7 Å². The molecule has 12 heteroatoms. The molecule has 218 valence electrons. The van der Waals surface area contributed by atoms with E-state index >= 15 is 0 Å². The molecule has 12 nitrogen and oxygen atoms in total. The maximum Gasteiger partial charge on any atom is 0.326 e. The maximum atomic E-state index is 13.4. The van der Waals surface area contributed by atoms with E-state index in [0.29, 0.717) is 19.3 Å². The van der Waals surface area contributed by atoms with Crippen LogP contribution in [-0.2, 0) is 25.6 Å². The first-order valence-corrected chi connectivity index (χ1v) is 13.3. The van der Waals surface area contributed by atoms with Gasteiger partial charge >= 0.3 is 5.97 Å². The summed E-state index contributed by atoms with van der Waals surface area (Å²) in [6.45, 7) is 7.79. The topological polar surface area (TPSA) is 215 Å². The first-order valence-electron chi connectivity index (χ1n) is 13.3. The lowest BCUT2D eigenvalue weighted by molar-refractivity contribution is -0.142. The Hall–Kier alpha value is -3.67. The van der Waals surface area contributed by atoms with Crippen molar-refractivity contribution in [3.63, 3.8) is 0 Å². The first-order chi connectivity index (χ1) is 18.3. The summed E-state index contributed by atoms with van der Waals surface area (Å²) in [5.74, 6) is -3.05. The molecule has 0 fully saturated rings. The number of carboxylic acid groups (broad SMARTS) is 1. The molecule has 39 heavy (non-hydrogen) atoms. The number of nitrogens with one attached hydrogen (secondary N) is 3. The fraction of sp³-hybridized carbons (Fsp3) is 0.593. The molecule has 1 aromatic rings. The molecule has 0 spiro atoms.